The molecule has 0 spiro atoms. The number of phenolic OH excluding ortho intramolecular Hbond substituents is 1. The van der Waals surface area contributed by atoms with Crippen molar-refractivity contribution >= 4 is 28.0 Å². The van der Waals surface area contributed by atoms with Crippen LogP contribution in [0.5, 0.6) is 5.75 Å². The summed E-state index contributed by atoms with van der Waals surface area (Å²) in [5.74, 6) is 0.291. The zero-order valence-corrected chi connectivity index (χ0v) is 38.3. The van der Waals surface area contributed by atoms with Gasteiger partial charge in [-0.25, -0.2) is 4.98 Å². The quantitative estimate of drug-likeness (QED) is 0.0935. The molecule has 7 aromatic rings. The SMILES string of the molecule is FC(F)(F)c1cc([B-](c2cc(C(F)(F)F)cc(C(F)(F)F)c2)(c2cc(C(F)(F)F)cc(C(F)(F)F)c2)c2cc(C(F)(F)F)cc(C(F)(F)F)c2)cc(C(F)(F)F)c1.Oc1ccc(Cc2c[n+](Cc3ccccc3)ccn2)cc1. The highest BCUT2D eigenvalue weighted by Crippen LogP contribution is 2.41. The van der Waals surface area contributed by atoms with Crippen molar-refractivity contribution in [3.8, 4) is 5.75 Å². The summed E-state index contributed by atoms with van der Waals surface area (Å²) in [5, 5.41) is 9.31. The monoisotopic (exact) mass is 1140 g/mol. The van der Waals surface area contributed by atoms with Crippen LogP contribution in [0.4, 0.5) is 105 Å². The summed E-state index contributed by atoms with van der Waals surface area (Å²) in [4.78, 5) is 4.42. The summed E-state index contributed by atoms with van der Waals surface area (Å²) in [6.07, 6.45) is -48.2. The van der Waals surface area contributed by atoms with E-state index >= 15 is 0 Å². The van der Waals surface area contributed by atoms with Crippen molar-refractivity contribution in [2.24, 2.45) is 0 Å². The van der Waals surface area contributed by atoms with E-state index in [9.17, 15) is 110 Å². The lowest BCUT2D eigenvalue weighted by Crippen LogP contribution is -2.75. The summed E-state index contributed by atoms with van der Waals surface area (Å²) in [6, 6.07) is 8.80. The number of aromatic nitrogens is 2. The van der Waals surface area contributed by atoms with Crippen molar-refractivity contribution in [2.75, 3.05) is 0 Å². The predicted molar refractivity (Wildman–Crippen MR) is 231 cm³/mol. The standard InChI is InChI=1S/C32H12BF24.C18H16N2O/c34-25(35,36)13-1-14(26(37,38)39)6-21(5-13)33(22-7-15(27(40,41)42)2-16(8-22)28(43,44)45,23-9-17(29(46,47)48)3-18(10-23)30(49,50)51)24-11-19(31(52,53)54)4-20(12-24)32(55,56)57;21-18-8-6-15(7-9-18)12-17-14-20(11-10-19-17)13-16-4-2-1-3-5-16/h1-12H;1-11,14H,12-13H2/q-1;/p+1. The molecule has 0 saturated heterocycles. The highest BCUT2D eigenvalue weighted by Gasteiger charge is 2.47. The third-order valence-corrected chi connectivity index (χ3v) is 11.8. The van der Waals surface area contributed by atoms with Crippen LogP contribution < -0.4 is 26.4 Å². The van der Waals surface area contributed by atoms with Gasteiger partial charge in [-0.1, -0.05) is 91.0 Å². The number of alkyl halides is 24. The Morgan fingerprint density at radius 3 is 0.910 bits per heavy atom. The Morgan fingerprint density at radius 2 is 0.641 bits per heavy atom. The summed E-state index contributed by atoms with van der Waals surface area (Å²) in [5.41, 5.74) is -26.8. The lowest BCUT2D eigenvalue weighted by atomic mass is 9.12. The molecule has 0 aliphatic carbocycles. The molecule has 7 rings (SSSR count). The maximum atomic E-state index is 14.2. The Kier molecular flexibility index (Phi) is 16.2. The van der Waals surface area contributed by atoms with E-state index in [-0.39, 0.29) is 0 Å². The molecule has 0 aliphatic heterocycles. The average molecular weight is 1140 g/mol. The number of hydrogen-bond acceptors (Lipinski definition) is 2. The molecule has 1 N–H and O–H groups in total. The van der Waals surface area contributed by atoms with E-state index in [0.717, 1.165) is 24.2 Å². The summed E-state index contributed by atoms with van der Waals surface area (Å²) < 4.78 is 343. The van der Waals surface area contributed by atoms with E-state index in [1.54, 1.807) is 12.1 Å². The highest BCUT2D eigenvalue weighted by atomic mass is 19.4. The largest absolute Gasteiger partial charge is 0.508 e. The number of rotatable bonds is 8. The van der Waals surface area contributed by atoms with Gasteiger partial charge < -0.3 is 5.11 Å². The molecule has 0 amide bonds. The van der Waals surface area contributed by atoms with Gasteiger partial charge in [-0.2, -0.15) is 132 Å². The maximum absolute atomic E-state index is 14.2. The van der Waals surface area contributed by atoms with Gasteiger partial charge >= 0.3 is 49.4 Å². The fourth-order valence-electron chi connectivity index (χ4n) is 8.36. The fourth-order valence-corrected chi connectivity index (χ4v) is 8.36. The van der Waals surface area contributed by atoms with Crippen LogP contribution in [0.25, 0.3) is 0 Å². The van der Waals surface area contributed by atoms with Crippen LogP contribution in [0.15, 0.2) is 146 Å². The summed E-state index contributed by atoms with van der Waals surface area (Å²) >= 11 is 0. The van der Waals surface area contributed by atoms with E-state index in [2.05, 4.69) is 40.0 Å². The molecule has 28 heteroatoms. The highest BCUT2D eigenvalue weighted by molar-refractivity contribution is 7.20. The van der Waals surface area contributed by atoms with Gasteiger partial charge in [0, 0.05) is 12.0 Å². The van der Waals surface area contributed by atoms with Gasteiger partial charge in [0.25, 0.3) is 0 Å². The van der Waals surface area contributed by atoms with E-state index in [0.29, 0.717) is 5.75 Å². The minimum absolute atomic E-state index is 0.291. The molecule has 1 aromatic heterocycles. The number of hydrogen-bond donors (Lipinski definition) is 1. The second kappa shape index (κ2) is 21.1. The molecule has 0 atom stereocenters. The minimum Gasteiger partial charge on any atom is -0.508 e. The number of nitrogens with zero attached hydrogens (tertiary/aromatic N) is 2. The molecule has 0 fully saturated rings. The van der Waals surface area contributed by atoms with Crippen molar-refractivity contribution in [1.82, 2.24) is 4.98 Å². The number of phenols is 1. The Labute approximate surface area is 423 Å². The van der Waals surface area contributed by atoms with Crippen LogP contribution in [0.2, 0.25) is 0 Å². The Morgan fingerprint density at radius 1 is 0.359 bits per heavy atom. The lowest BCUT2D eigenvalue weighted by Gasteiger charge is -2.46. The molecule has 416 valence electrons. The van der Waals surface area contributed by atoms with E-state index in [1.807, 2.05) is 30.6 Å². The first-order valence-electron chi connectivity index (χ1n) is 21.6. The number of benzene rings is 6. The van der Waals surface area contributed by atoms with Gasteiger partial charge in [-0.3, -0.25) is 0 Å². The molecular formula is C50H29BF24N2O. The van der Waals surface area contributed by atoms with Crippen LogP contribution in [-0.4, -0.2) is 16.2 Å². The maximum Gasteiger partial charge on any atom is 0.416 e. The van der Waals surface area contributed by atoms with Gasteiger partial charge in [0.15, 0.2) is 18.9 Å². The van der Waals surface area contributed by atoms with Crippen molar-refractivity contribution < 1.29 is 115 Å². The summed E-state index contributed by atoms with van der Waals surface area (Å²) in [7, 11) is 0. The van der Waals surface area contributed by atoms with Gasteiger partial charge in [0.1, 0.15) is 17.6 Å². The molecule has 0 saturated carbocycles. The zero-order valence-electron chi connectivity index (χ0n) is 38.3. The predicted octanol–water partition coefficient (Wildman–Crippen LogP) is 13.9. The van der Waals surface area contributed by atoms with Crippen molar-refractivity contribution in [3.63, 3.8) is 0 Å². The normalized spacial score (nSPS) is 13.3. The van der Waals surface area contributed by atoms with E-state index < -0.39 is 195 Å². The van der Waals surface area contributed by atoms with E-state index in [1.165, 1.54) is 5.56 Å². The van der Waals surface area contributed by atoms with Gasteiger partial charge in [0.2, 0.25) is 0 Å². The topological polar surface area (TPSA) is 37.0 Å². The van der Waals surface area contributed by atoms with Gasteiger partial charge in [0.05, 0.1) is 50.7 Å². The average Bonchev–Trinajstić information content (AvgIpc) is 3.50. The van der Waals surface area contributed by atoms with Crippen molar-refractivity contribution in [1.29, 1.82) is 0 Å². The zero-order chi connectivity index (χ0) is 58.4. The molecule has 0 unspecified atom stereocenters. The molecule has 1 heterocycles. The van der Waals surface area contributed by atoms with Crippen LogP contribution >= 0.6 is 0 Å². The van der Waals surface area contributed by atoms with Crippen molar-refractivity contribution in [3.05, 3.63) is 207 Å². The van der Waals surface area contributed by atoms with Gasteiger partial charge in [-0.05, 0) is 42.0 Å². The third-order valence-electron chi connectivity index (χ3n) is 11.8. The lowest BCUT2D eigenvalue weighted by molar-refractivity contribution is -0.689. The fraction of sp³-hybridized carbons (Fsp3) is 0.200. The molecule has 78 heavy (non-hydrogen) atoms. The molecular weight excluding hydrogens is 1110 g/mol. The first-order valence-corrected chi connectivity index (χ1v) is 21.6. The smallest absolute Gasteiger partial charge is 0.416 e. The van der Waals surface area contributed by atoms with Crippen LogP contribution in [0, 0.1) is 0 Å². The third kappa shape index (κ3) is 14.2. The first kappa shape index (κ1) is 59.8. The number of halogens is 24. The second-order valence-corrected chi connectivity index (χ2v) is 17.3. The Bertz CT molecular complexity index is 2800. The molecule has 0 aliphatic rings. The molecule has 0 radical (unpaired) electrons. The molecule has 3 nitrogen and oxygen atoms in total. The molecule has 0 bridgehead atoms. The van der Waals surface area contributed by atoms with Gasteiger partial charge in [-0.15, -0.1) is 0 Å². The summed E-state index contributed by atoms with van der Waals surface area (Å²) in [6.45, 7) is 0.839. The minimum atomic E-state index is -6.13. The Balaban J connectivity index is 0.000000387. The van der Waals surface area contributed by atoms with E-state index in [4.69, 9.17) is 0 Å². The second-order valence-electron chi connectivity index (χ2n) is 17.3. The molecule has 6 aromatic carbocycles. The van der Waals surface area contributed by atoms with Crippen molar-refractivity contribution in [2.45, 2.75) is 62.4 Å². The Hall–Kier alpha value is -7.42. The van der Waals surface area contributed by atoms with Crippen LogP contribution in [0.3, 0.4) is 0 Å². The first-order chi connectivity index (χ1) is 35.6. The number of aromatic hydroxyl groups is 1. The van der Waals surface area contributed by atoms with Crippen LogP contribution in [-0.2, 0) is 62.4 Å². The van der Waals surface area contributed by atoms with Crippen LogP contribution in [0.1, 0.15) is 61.3 Å².